The zero-order valence-electron chi connectivity index (χ0n) is 13.9. The molecule has 0 saturated carbocycles. The Labute approximate surface area is 139 Å². The predicted molar refractivity (Wildman–Crippen MR) is 92.1 cm³/mol. The van der Waals surface area contributed by atoms with Gasteiger partial charge in [0.25, 0.3) is 10.0 Å². The highest BCUT2D eigenvalue weighted by molar-refractivity contribution is 7.89. The number of nitrogens with zero attached hydrogens (tertiary/aromatic N) is 3. The molecule has 2 heterocycles. The van der Waals surface area contributed by atoms with E-state index in [0.29, 0.717) is 29.9 Å². The van der Waals surface area contributed by atoms with Crippen LogP contribution in [0.4, 0.5) is 0 Å². The molecule has 0 aromatic heterocycles. The molecule has 1 fully saturated rings. The summed E-state index contributed by atoms with van der Waals surface area (Å²) in [5, 5.41) is 0. The molecule has 2 aliphatic heterocycles. The molecular weight excluding hydrogens is 310 g/mol. The third kappa shape index (κ3) is 3.22. The summed E-state index contributed by atoms with van der Waals surface area (Å²) < 4.78 is 27.5. The maximum Gasteiger partial charge on any atom is 0.266 e. The zero-order valence-corrected chi connectivity index (χ0v) is 14.7. The van der Waals surface area contributed by atoms with E-state index >= 15 is 0 Å². The van der Waals surface area contributed by atoms with Gasteiger partial charge in [-0.25, -0.2) is 12.7 Å². The number of sulfonamides is 1. The van der Waals surface area contributed by atoms with Gasteiger partial charge in [-0.05, 0) is 42.9 Å². The first-order valence-electron chi connectivity index (χ1n) is 8.42. The second-order valence-electron chi connectivity index (χ2n) is 6.53. The summed E-state index contributed by atoms with van der Waals surface area (Å²) in [5.74, 6) is 1.03. The fraction of sp³-hybridized carbons (Fsp3) is 0.588. The first-order valence-corrected chi connectivity index (χ1v) is 9.86. The van der Waals surface area contributed by atoms with Gasteiger partial charge in [0.15, 0.2) is 0 Å². The molecule has 0 spiro atoms. The SMILES string of the molecule is CC(C)c1ccc(S(=O)(=O)N2CCN=C2N2CCCCC2)cc1. The number of aliphatic imine (C=N–C) groups is 1. The molecule has 5 nitrogen and oxygen atoms in total. The minimum atomic E-state index is -3.52. The van der Waals surface area contributed by atoms with Gasteiger partial charge >= 0.3 is 0 Å². The second kappa shape index (κ2) is 6.51. The molecule has 0 unspecified atom stereocenters. The van der Waals surface area contributed by atoms with Crippen molar-refractivity contribution in [1.82, 2.24) is 9.21 Å². The average molecular weight is 335 g/mol. The van der Waals surface area contributed by atoms with Crippen LogP contribution in [0.1, 0.15) is 44.6 Å². The number of piperidine rings is 1. The largest absolute Gasteiger partial charge is 0.342 e. The van der Waals surface area contributed by atoms with Gasteiger partial charge in [-0.1, -0.05) is 26.0 Å². The zero-order chi connectivity index (χ0) is 16.4. The van der Waals surface area contributed by atoms with Crippen molar-refractivity contribution in [2.24, 2.45) is 4.99 Å². The monoisotopic (exact) mass is 335 g/mol. The quantitative estimate of drug-likeness (QED) is 0.853. The van der Waals surface area contributed by atoms with E-state index in [1.165, 1.54) is 10.7 Å². The van der Waals surface area contributed by atoms with Crippen LogP contribution in [0, 0.1) is 0 Å². The van der Waals surface area contributed by atoms with Crippen LogP contribution < -0.4 is 0 Å². The maximum absolute atomic E-state index is 13.0. The normalized spacial score (nSPS) is 19.3. The predicted octanol–water partition coefficient (Wildman–Crippen LogP) is 2.66. The first-order chi connectivity index (χ1) is 11.0. The number of guanidine groups is 1. The lowest BCUT2D eigenvalue weighted by atomic mass is 10.0. The molecule has 23 heavy (non-hydrogen) atoms. The van der Waals surface area contributed by atoms with Crippen LogP contribution in [-0.2, 0) is 10.0 Å². The van der Waals surface area contributed by atoms with Crippen molar-refractivity contribution in [3.8, 4) is 0 Å². The number of rotatable bonds is 3. The molecule has 1 aromatic rings. The van der Waals surface area contributed by atoms with E-state index < -0.39 is 10.0 Å². The van der Waals surface area contributed by atoms with E-state index in [9.17, 15) is 8.42 Å². The lowest BCUT2D eigenvalue weighted by Crippen LogP contribution is -2.46. The topological polar surface area (TPSA) is 53.0 Å². The Hall–Kier alpha value is -1.56. The van der Waals surface area contributed by atoms with Gasteiger partial charge in [0.1, 0.15) is 0 Å². The Morgan fingerprint density at radius 1 is 1.00 bits per heavy atom. The molecule has 1 aromatic carbocycles. The highest BCUT2D eigenvalue weighted by Gasteiger charge is 2.34. The minimum Gasteiger partial charge on any atom is -0.342 e. The Morgan fingerprint density at radius 3 is 2.26 bits per heavy atom. The van der Waals surface area contributed by atoms with Gasteiger partial charge in [0, 0.05) is 13.1 Å². The van der Waals surface area contributed by atoms with Gasteiger partial charge in [-0.3, -0.25) is 4.99 Å². The minimum absolute atomic E-state index is 0.355. The van der Waals surface area contributed by atoms with Crippen molar-refractivity contribution in [2.45, 2.75) is 43.9 Å². The van der Waals surface area contributed by atoms with Crippen molar-refractivity contribution < 1.29 is 8.42 Å². The highest BCUT2D eigenvalue weighted by Crippen LogP contribution is 2.24. The van der Waals surface area contributed by atoms with E-state index in [4.69, 9.17) is 0 Å². The van der Waals surface area contributed by atoms with E-state index in [1.54, 1.807) is 12.1 Å². The number of hydrogen-bond donors (Lipinski definition) is 0. The summed E-state index contributed by atoms with van der Waals surface area (Å²) in [4.78, 5) is 6.94. The van der Waals surface area contributed by atoms with E-state index in [2.05, 4.69) is 23.7 Å². The molecule has 126 valence electrons. The van der Waals surface area contributed by atoms with Crippen molar-refractivity contribution >= 4 is 16.0 Å². The van der Waals surface area contributed by atoms with Crippen LogP contribution in [-0.4, -0.2) is 49.8 Å². The highest BCUT2D eigenvalue weighted by atomic mass is 32.2. The second-order valence-corrected chi connectivity index (χ2v) is 8.39. The lowest BCUT2D eigenvalue weighted by Gasteiger charge is -2.32. The molecule has 1 saturated heterocycles. The number of benzene rings is 1. The third-order valence-electron chi connectivity index (χ3n) is 4.55. The van der Waals surface area contributed by atoms with Gasteiger partial charge < -0.3 is 4.90 Å². The summed E-state index contributed by atoms with van der Waals surface area (Å²) in [6.45, 7) is 7.00. The molecule has 0 radical (unpaired) electrons. The first kappa shape index (κ1) is 16.3. The van der Waals surface area contributed by atoms with Crippen molar-refractivity contribution in [3.63, 3.8) is 0 Å². The molecule has 0 aliphatic carbocycles. The fourth-order valence-corrected chi connectivity index (χ4v) is 4.60. The maximum atomic E-state index is 13.0. The van der Waals surface area contributed by atoms with E-state index in [1.807, 2.05) is 12.1 Å². The van der Waals surface area contributed by atoms with Crippen LogP contribution in [0.3, 0.4) is 0 Å². The molecule has 0 bridgehead atoms. The molecule has 0 amide bonds. The van der Waals surface area contributed by atoms with Gasteiger partial charge in [0.2, 0.25) is 5.96 Å². The molecule has 0 N–H and O–H groups in total. The Bertz CT molecular complexity index is 674. The molecule has 6 heteroatoms. The standard InChI is InChI=1S/C17H25N3O2S/c1-14(2)15-6-8-16(9-7-15)23(21,22)20-13-10-18-17(20)19-11-4-3-5-12-19/h6-9,14H,3-5,10-13H2,1-2H3. The number of likely N-dealkylation sites (tertiary alicyclic amines) is 1. The Morgan fingerprint density at radius 2 is 1.65 bits per heavy atom. The fourth-order valence-electron chi connectivity index (χ4n) is 3.15. The van der Waals surface area contributed by atoms with Gasteiger partial charge in [-0.2, -0.15) is 0 Å². The van der Waals surface area contributed by atoms with Crippen LogP contribution >= 0.6 is 0 Å². The molecule has 0 atom stereocenters. The van der Waals surface area contributed by atoms with Crippen LogP contribution in [0.15, 0.2) is 34.2 Å². The van der Waals surface area contributed by atoms with Crippen LogP contribution in [0.25, 0.3) is 0 Å². The van der Waals surface area contributed by atoms with Gasteiger partial charge in [-0.15, -0.1) is 0 Å². The van der Waals surface area contributed by atoms with Gasteiger partial charge in [0.05, 0.1) is 18.0 Å². The smallest absolute Gasteiger partial charge is 0.266 e. The summed E-state index contributed by atoms with van der Waals surface area (Å²) in [6.07, 6.45) is 3.43. The van der Waals surface area contributed by atoms with E-state index in [0.717, 1.165) is 31.5 Å². The van der Waals surface area contributed by atoms with Crippen molar-refractivity contribution in [1.29, 1.82) is 0 Å². The summed E-state index contributed by atoms with van der Waals surface area (Å²) in [7, 11) is -3.52. The summed E-state index contributed by atoms with van der Waals surface area (Å²) in [5.41, 5.74) is 1.15. The average Bonchev–Trinajstić information content (AvgIpc) is 3.06. The lowest BCUT2D eigenvalue weighted by molar-refractivity contribution is 0.321. The van der Waals surface area contributed by atoms with Crippen LogP contribution in [0.5, 0.6) is 0 Å². The van der Waals surface area contributed by atoms with E-state index in [-0.39, 0.29) is 0 Å². The third-order valence-corrected chi connectivity index (χ3v) is 6.35. The van der Waals surface area contributed by atoms with Crippen molar-refractivity contribution in [2.75, 3.05) is 26.2 Å². The summed E-state index contributed by atoms with van der Waals surface area (Å²) in [6, 6.07) is 7.25. The Kier molecular flexibility index (Phi) is 4.62. The Balaban J connectivity index is 1.85. The molecule has 2 aliphatic rings. The molecule has 3 rings (SSSR count). The molecular formula is C17H25N3O2S. The van der Waals surface area contributed by atoms with Crippen LogP contribution in [0.2, 0.25) is 0 Å². The van der Waals surface area contributed by atoms with Crippen molar-refractivity contribution in [3.05, 3.63) is 29.8 Å². The number of hydrogen-bond acceptors (Lipinski definition) is 4. The summed E-state index contributed by atoms with van der Waals surface area (Å²) >= 11 is 0.